The van der Waals surface area contributed by atoms with Gasteiger partial charge in [0.25, 0.3) is 0 Å². The van der Waals surface area contributed by atoms with E-state index in [0.717, 1.165) is 5.56 Å². The molecule has 0 amide bonds. The summed E-state index contributed by atoms with van der Waals surface area (Å²) in [5, 5.41) is 0.667. The van der Waals surface area contributed by atoms with Crippen LogP contribution in [-0.2, 0) is 16.0 Å². The summed E-state index contributed by atoms with van der Waals surface area (Å²) in [5.74, 6) is -0.403. The lowest BCUT2D eigenvalue weighted by atomic mass is 10.1. The summed E-state index contributed by atoms with van der Waals surface area (Å²) in [6.07, 6.45) is 0.462. The van der Waals surface area contributed by atoms with Crippen LogP contribution >= 0.6 is 24.0 Å². The van der Waals surface area contributed by atoms with Crippen LogP contribution in [0.25, 0.3) is 0 Å². The first kappa shape index (κ1) is 14.2. The van der Waals surface area contributed by atoms with E-state index in [4.69, 9.17) is 17.3 Å². The van der Waals surface area contributed by atoms with Crippen LogP contribution in [0.4, 0.5) is 0 Å². The van der Waals surface area contributed by atoms with Crippen molar-refractivity contribution < 1.29 is 9.53 Å². The van der Waals surface area contributed by atoms with Crippen LogP contribution < -0.4 is 5.73 Å². The van der Waals surface area contributed by atoms with Crippen LogP contribution in [0.2, 0.25) is 5.02 Å². The van der Waals surface area contributed by atoms with Gasteiger partial charge in [-0.05, 0) is 24.1 Å². The molecule has 0 saturated heterocycles. The highest BCUT2D eigenvalue weighted by Crippen LogP contribution is 2.10. The van der Waals surface area contributed by atoms with Crippen molar-refractivity contribution in [1.82, 2.24) is 0 Å². The van der Waals surface area contributed by atoms with Gasteiger partial charge in [-0.3, -0.25) is 4.79 Å². The smallest absolute Gasteiger partial charge is 0.322 e. The monoisotopic (exact) mass is 249 g/mol. The second-order valence-electron chi connectivity index (χ2n) is 2.96. The van der Waals surface area contributed by atoms with E-state index in [1.54, 1.807) is 12.1 Å². The van der Waals surface area contributed by atoms with Crippen molar-refractivity contribution in [3.63, 3.8) is 0 Å². The van der Waals surface area contributed by atoms with E-state index in [-0.39, 0.29) is 12.4 Å². The number of rotatable bonds is 3. The molecule has 0 aliphatic carbocycles. The summed E-state index contributed by atoms with van der Waals surface area (Å²) < 4.78 is 4.52. The molecule has 15 heavy (non-hydrogen) atoms. The lowest BCUT2D eigenvalue weighted by Gasteiger charge is -2.08. The van der Waals surface area contributed by atoms with Crippen molar-refractivity contribution in [1.29, 1.82) is 0 Å². The Hall–Kier alpha value is -0.770. The molecule has 1 atom stereocenters. The Bertz CT molecular complexity index is 314. The molecule has 0 saturated carbocycles. The maximum absolute atomic E-state index is 11.0. The molecule has 1 unspecified atom stereocenters. The van der Waals surface area contributed by atoms with Crippen molar-refractivity contribution in [2.45, 2.75) is 12.5 Å². The molecule has 0 aromatic heterocycles. The van der Waals surface area contributed by atoms with Crippen LogP contribution in [0.15, 0.2) is 24.3 Å². The molecule has 1 rings (SSSR count). The predicted molar refractivity (Wildman–Crippen MR) is 62.4 cm³/mol. The van der Waals surface area contributed by atoms with Gasteiger partial charge in [0.15, 0.2) is 0 Å². The van der Waals surface area contributed by atoms with Gasteiger partial charge in [0.05, 0.1) is 7.11 Å². The molecule has 1 aromatic rings. The maximum atomic E-state index is 11.0. The number of benzene rings is 1. The largest absolute Gasteiger partial charge is 0.468 e. The molecule has 0 bridgehead atoms. The van der Waals surface area contributed by atoms with Crippen LogP contribution in [0, 0.1) is 0 Å². The Morgan fingerprint density at radius 2 is 2.00 bits per heavy atom. The SMILES string of the molecule is COC(=O)C(N)Cc1ccc(Cl)cc1.Cl. The van der Waals surface area contributed by atoms with Crippen molar-refractivity contribution in [2.24, 2.45) is 5.73 Å². The fraction of sp³-hybridized carbons (Fsp3) is 0.300. The number of hydrogen-bond acceptors (Lipinski definition) is 3. The van der Waals surface area contributed by atoms with Crippen LogP contribution in [0.5, 0.6) is 0 Å². The summed E-state index contributed by atoms with van der Waals surface area (Å²) in [6, 6.07) is 6.60. The zero-order chi connectivity index (χ0) is 10.6. The number of nitrogens with two attached hydrogens (primary N) is 1. The number of esters is 1. The first-order chi connectivity index (χ1) is 6.63. The average Bonchev–Trinajstić information content (AvgIpc) is 2.20. The number of carbonyl (C=O) groups excluding carboxylic acids is 1. The van der Waals surface area contributed by atoms with Gasteiger partial charge < -0.3 is 10.5 Å². The first-order valence-corrected chi connectivity index (χ1v) is 4.59. The zero-order valence-electron chi connectivity index (χ0n) is 8.27. The van der Waals surface area contributed by atoms with Gasteiger partial charge in [-0.25, -0.2) is 0 Å². The van der Waals surface area contributed by atoms with E-state index < -0.39 is 12.0 Å². The Kier molecular flexibility index (Phi) is 6.32. The molecule has 3 nitrogen and oxygen atoms in total. The van der Waals surface area contributed by atoms with Gasteiger partial charge in [-0.2, -0.15) is 0 Å². The zero-order valence-corrected chi connectivity index (χ0v) is 9.85. The van der Waals surface area contributed by atoms with Gasteiger partial charge in [0.1, 0.15) is 6.04 Å². The molecule has 0 spiro atoms. The van der Waals surface area contributed by atoms with Crippen molar-refractivity contribution >= 4 is 30.0 Å². The fourth-order valence-corrected chi connectivity index (χ4v) is 1.24. The lowest BCUT2D eigenvalue weighted by molar-refractivity contribution is -0.142. The first-order valence-electron chi connectivity index (χ1n) is 4.21. The third kappa shape index (κ3) is 4.51. The normalized spacial score (nSPS) is 11.4. The van der Waals surface area contributed by atoms with Gasteiger partial charge in [0, 0.05) is 5.02 Å². The predicted octanol–water partition coefficient (Wildman–Crippen LogP) is 1.80. The van der Waals surface area contributed by atoms with Crippen LogP contribution in [-0.4, -0.2) is 19.1 Å². The number of halogens is 2. The van der Waals surface area contributed by atoms with E-state index in [1.165, 1.54) is 7.11 Å². The second-order valence-corrected chi connectivity index (χ2v) is 3.40. The minimum Gasteiger partial charge on any atom is -0.468 e. The molecule has 5 heteroatoms. The number of methoxy groups -OCH3 is 1. The van der Waals surface area contributed by atoms with E-state index in [0.29, 0.717) is 11.4 Å². The highest BCUT2D eigenvalue weighted by atomic mass is 35.5. The van der Waals surface area contributed by atoms with E-state index >= 15 is 0 Å². The number of carbonyl (C=O) groups is 1. The quantitative estimate of drug-likeness (QED) is 0.832. The number of ether oxygens (including phenoxy) is 1. The summed E-state index contributed by atoms with van der Waals surface area (Å²) in [5.41, 5.74) is 6.56. The summed E-state index contributed by atoms with van der Waals surface area (Å²) in [7, 11) is 1.32. The summed E-state index contributed by atoms with van der Waals surface area (Å²) in [4.78, 5) is 11.0. The lowest BCUT2D eigenvalue weighted by Crippen LogP contribution is -2.33. The Morgan fingerprint density at radius 3 is 2.47 bits per heavy atom. The molecule has 0 aliphatic rings. The van der Waals surface area contributed by atoms with Crippen molar-refractivity contribution in [2.75, 3.05) is 7.11 Å². The molecule has 84 valence electrons. The van der Waals surface area contributed by atoms with Crippen LogP contribution in [0.1, 0.15) is 5.56 Å². The highest BCUT2D eigenvalue weighted by Gasteiger charge is 2.13. The molecule has 2 N–H and O–H groups in total. The second kappa shape index (κ2) is 6.67. The van der Waals surface area contributed by atoms with Gasteiger partial charge >= 0.3 is 5.97 Å². The van der Waals surface area contributed by atoms with E-state index in [9.17, 15) is 4.79 Å². The molecular formula is C10H13Cl2NO2. The summed E-state index contributed by atoms with van der Waals surface area (Å²) >= 11 is 5.72. The van der Waals surface area contributed by atoms with Crippen LogP contribution in [0.3, 0.4) is 0 Å². The Morgan fingerprint density at radius 1 is 1.47 bits per heavy atom. The van der Waals surface area contributed by atoms with Gasteiger partial charge in [-0.15, -0.1) is 12.4 Å². The molecule has 0 aliphatic heterocycles. The average molecular weight is 250 g/mol. The standard InChI is InChI=1S/C10H12ClNO2.ClH/c1-14-10(13)9(12)6-7-2-4-8(11)5-3-7;/h2-5,9H,6,12H2,1H3;1H. The van der Waals surface area contributed by atoms with E-state index in [2.05, 4.69) is 4.74 Å². The van der Waals surface area contributed by atoms with E-state index in [1.807, 2.05) is 12.1 Å². The third-order valence-electron chi connectivity index (χ3n) is 1.87. The summed E-state index contributed by atoms with van der Waals surface area (Å²) in [6.45, 7) is 0. The number of hydrogen-bond donors (Lipinski definition) is 1. The molecule has 1 aromatic carbocycles. The Balaban J connectivity index is 0.00000196. The van der Waals surface area contributed by atoms with Crippen molar-refractivity contribution in [3.05, 3.63) is 34.9 Å². The molecule has 0 fully saturated rings. The molecule has 0 heterocycles. The molecule has 0 radical (unpaired) electrons. The van der Waals surface area contributed by atoms with Gasteiger partial charge in [0.2, 0.25) is 0 Å². The van der Waals surface area contributed by atoms with Crippen molar-refractivity contribution in [3.8, 4) is 0 Å². The topological polar surface area (TPSA) is 52.3 Å². The highest BCUT2D eigenvalue weighted by molar-refractivity contribution is 6.30. The minimum atomic E-state index is -0.610. The Labute approximate surface area is 100.0 Å². The maximum Gasteiger partial charge on any atom is 0.322 e. The third-order valence-corrected chi connectivity index (χ3v) is 2.12. The van der Waals surface area contributed by atoms with Gasteiger partial charge in [-0.1, -0.05) is 23.7 Å². The fourth-order valence-electron chi connectivity index (χ4n) is 1.11. The minimum absolute atomic E-state index is 0. The molecular weight excluding hydrogens is 237 g/mol.